The fourth-order valence-electron chi connectivity index (χ4n) is 1.56. The van der Waals surface area contributed by atoms with Gasteiger partial charge in [-0.3, -0.25) is 0 Å². The summed E-state index contributed by atoms with van der Waals surface area (Å²) >= 11 is 5.99. The van der Waals surface area contributed by atoms with E-state index in [-0.39, 0.29) is 0 Å². The largest absolute Gasteiger partial charge is 0.315 e. The van der Waals surface area contributed by atoms with E-state index < -0.39 is 0 Å². The third-order valence-electron chi connectivity index (χ3n) is 2.25. The van der Waals surface area contributed by atoms with Gasteiger partial charge in [0, 0.05) is 6.54 Å². The van der Waals surface area contributed by atoms with Crippen molar-refractivity contribution in [2.24, 2.45) is 0 Å². The number of hydrogen-bond acceptors (Lipinski definition) is 1. The number of aryl methyl sites for hydroxylation is 2. The second-order valence-corrected chi connectivity index (χ2v) is 3.41. The summed E-state index contributed by atoms with van der Waals surface area (Å²) < 4.78 is 2.00. The smallest absolute Gasteiger partial charge is 0.203 e. The third-order valence-corrected chi connectivity index (χ3v) is 2.54. The molecule has 1 aromatic heterocycles. The molecule has 0 fully saturated rings. The van der Waals surface area contributed by atoms with Gasteiger partial charge in [0.25, 0.3) is 0 Å². The zero-order chi connectivity index (χ0) is 9.42. The highest BCUT2D eigenvalue weighted by atomic mass is 35.5. The monoisotopic (exact) mass is 194 g/mol. The van der Waals surface area contributed by atoms with Crippen LogP contribution in [0, 0.1) is 6.92 Å². The van der Waals surface area contributed by atoms with Crippen molar-refractivity contribution in [3.05, 3.63) is 29.0 Å². The lowest BCUT2D eigenvalue weighted by Gasteiger charge is -1.99. The van der Waals surface area contributed by atoms with Crippen LogP contribution in [0.4, 0.5) is 0 Å². The first-order valence-corrected chi connectivity index (χ1v) is 4.73. The molecule has 0 amide bonds. The van der Waals surface area contributed by atoms with Gasteiger partial charge in [-0.25, -0.2) is 4.98 Å². The predicted molar refractivity (Wildman–Crippen MR) is 55.2 cm³/mol. The van der Waals surface area contributed by atoms with Crippen LogP contribution < -0.4 is 0 Å². The molecule has 2 aromatic rings. The molecular formula is C10H11ClN2. The molecule has 0 saturated carbocycles. The number of para-hydroxylation sites is 1. The Labute approximate surface area is 82.1 Å². The Bertz CT molecular complexity index is 445. The number of nitrogens with zero attached hydrogens (tertiary/aromatic N) is 2. The molecule has 1 aromatic carbocycles. The van der Waals surface area contributed by atoms with Crippen LogP contribution in [0.25, 0.3) is 11.0 Å². The first-order valence-electron chi connectivity index (χ1n) is 4.35. The fraction of sp³-hybridized carbons (Fsp3) is 0.300. The Morgan fingerprint density at radius 2 is 2.23 bits per heavy atom. The average molecular weight is 195 g/mol. The van der Waals surface area contributed by atoms with Crippen molar-refractivity contribution in [2.45, 2.75) is 20.4 Å². The Kier molecular flexibility index (Phi) is 2.00. The van der Waals surface area contributed by atoms with Gasteiger partial charge in [-0.15, -0.1) is 0 Å². The molecule has 0 unspecified atom stereocenters. The molecule has 0 aliphatic carbocycles. The van der Waals surface area contributed by atoms with Gasteiger partial charge in [0.05, 0.1) is 11.0 Å². The number of fused-ring (bicyclic) bond motifs is 1. The second kappa shape index (κ2) is 3.04. The summed E-state index contributed by atoms with van der Waals surface area (Å²) in [5, 5.41) is 0.576. The van der Waals surface area contributed by atoms with Crippen molar-refractivity contribution < 1.29 is 0 Å². The molecular weight excluding hydrogens is 184 g/mol. The van der Waals surface area contributed by atoms with Crippen LogP contribution in [0.2, 0.25) is 5.28 Å². The van der Waals surface area contributed by atoms with E-state index in [2.05, 4.69) is 11.9 Å². The van der Waals surface area contributed by atoms with Gasteiger partial charge in [-0.05, 0) is 37.1 Å². The van der Waals surface area contributed by atoms with E-state index >= 15 is 0 Å². The topological polar surface area (TPSA) is 17.8 Å². The standard InChI is InChI=1S/C10H11ClN2/c1-3-13-8-6-4-5-7(2)9(8)12-10(13)11/h4-6H,3H2,1-2H3. The molecule has 3 heteroatoms. The van der Waals surface area contributed by atoms with Gasteiger partial charge in [0.1, 0.15) is 0 Å². The normalized spacial score (nSPS) is 11.0. The highest BCUT2D eigenvalue weighted by Crippen LogP contribution is 2.21. The Morgan fingerprint density at radius 1 is 1.46 bits per heavy atom. The zero-order valence-electron chi connectivity index (χ0n) is 7.71. The maximum Gasteiger partial charge on any atom is 0.203 e. The van der Waals surface area contributed by atoms with Crippen LogP contribution in [0.1, 0.15) is 12.5 Å². The molecule has 1 heterocycles. The van der Waals surface area contributed by atoms with Crippen LogP contribution >= 0.6 is 11.6 Å². The van der Waals surface area contributed by atoms with Crippen LogP contribution in [0.3, 0.4) is 0 Å². The van der Waals surface area contributed by atoms with Crippen LogP contribution in [-0.2, 0) is 6.54 Å². The highest BCUT2D eigenvalue weighted by molar-refractivity contribution is 6.29. The SMILES string of the molecule is CCn1c(Cl)nc2c(C)cccc21. The maximum absolute atomic E-state index is 5.99. The van der Waals surface area contributed by atoms with Crippen LogP contribution in [0.5, 0.6) is 0 Å². The van der Waals surface area contributed by atoms with E-state index in [0.29, 0.717) is 5.28 Å². The van der Waals surface area contributed by atoms with E-state index in [0.717, 1.165) is 17.6 Å². The van der Waals surface area contributed by atoms with E-state index in [9.17, 15) is 0 Å². The molecule has 2 rings (SSSR count). The lowest BCUT2D eigenvalue weighted by atomic mass is 10.2. The number of rotatable bonds is 1. The molecule has 0 atom stereocenters. The Balaban J connectivity index is 2.86. The van der Waals surface area contributed by atoms with Gasteiger partial charge < -0.3 is 4.57 Å². The van der Waals surface area contributed by atoms with Crippen LogP contribution in [0.15, 0.2) is 18.2 Å². The Hall–Kier alpha value is -1.02. The molecule has 0 aliphatic heterocycles. The number of imidazole rings is 1. The summed E-state index contributed by atoms with van der Waals surface area (Å²) in [7, 11) is 0. The number of hydrogen-bond donors (Lipinski definition) is 0. The van der Waals surface area contributed by atoms with Crippen molar-refractivity contribution in [1.29, 1.82) is 0 Å². The minimum absolute atomic E-state index is 0.576. The van der Waals surface area contributed by atoms with Gasteiger partial charge in [0.15, 0.2) is 0 Å². The summed E-state index contributed by atoms with van der Waals surface area (Å²) in [5.74, 6) is 0. The van der Waals surface area contributed by atoms with Gasteiger partial charge in [0.2, 0.25) is 5.28 Å². The van der Waals surface area contributed by atoms with E-state index in [1.165, 1.54) is 5.56 Å². The zero-order valence-corrected chi connectivity index (χ0v) is 8.47. The molecule has 0 radical (unpaired) electrons. The molecule has 0 N–H and O–H groups in total. The lowest BCUT2D eigenvalue weighted by Crippen LogP contribution is -1.92. The quantitative estimate of drug-likeness (QED) is 0.683. The summed E-state index contributed by atoms with van der Waals surface area (Å²) in [6.07, 6.45) is 0. The van der Waals surface area contributed by atoms with Crippen molar-refractivity contribution in [3.8, 4) is 0 Å². The number of benzene rings is 1. The van der Waals surface area contributed by atoms with Crippen LogP contribution in [-0.4, -0.2) is 9.55 Å². The summed E-state index contributed by atoms with van der Waals surface area (Å²) in [6, 6.07) is 6.12. The van der Waals surface area contributed by atoms with Gasteiger partial charge in [-0.2, -0.15) is 0 Å². The molecule has 0 spiro atoms. The maximum atomic E-state index is 5.99. The third kappa shape index (κ3) is 1.22. The van der Waals surface area contributed by atoms with Gasteiger partial charge in [-0.1, -0.05) is 12.1 Å². The minimum atomic E-state index is 0.576. The van der Waals surface area contributed by atoms with E-state index in [1.54, 1.807) is 0 Å². The Morgan fingerprint density at radius 3 is 2.92 bits per heavy atom. The molecule has 13 heavy (non-hydrogen) atoms. The first-order chi connectivity index (χ1) is 6.24. The van der Waals surface area contributed by atoms with E-state index in [4.69, 9.17) is 11.6 Å². The van der Waals surface area contributed by atoms with Crippen molar-refractivity contribution >= 4 is 22.6 Å². The molecule has 0 saturated heterocycles. The molecule has 68 valence electrons. The molecule has 0 aliphatic rings. The number of halogens is 1. The number of aromatic nitrogens is 2. The first kappa shape index (κ1) is 8.57. The highest BCUT2D eigenvalue weighted by Gasteiger charge is 2.07. The minimum Gasteiger partial charge on any atom is -0.315 e. The fourth-order valence-corrected chi connectivity index (χ4v) is 1.85. The average Bonchev–Trinajstić information content (AvgIpc) is 2.43. The van der Waals surface area contributed by atoms with E-state index in [1.807, 2.05) is 29.7 Å². The summed E-state index contributed by atoms with van der Waals surface area (Å²) in [6.45, 7) is 4.97. The molecule has 0 bridgehead atoms. The predicted octanol–water partition coefficient (Wildman–Crippen LogP) is 3.02. The van der Waals surface area contributed by atoms with Crippen molar-refractivity contribution in [1.82, 2.24) is 9.55 Å². The molecule has 2 nitrogen and oxygen atoms in total. The van der Waals surface area contributed by atoms with Crippen molar-refractivity contribution in [3.63, 3.8) is 0 Å². The van der Waals surface area contributed by atoms with Gasteiger partial charge >= 0.3 is 0 Å². The summed E-state index contributed by atoms with van der Waals surface area (Å²) in [4.78, 5) is 4.31. The second-order valence-electron chi connectivity index (χ2n) is 3.07. The van der Waals surface area contributed by atoms with Crippen molar-refractivity contribution in [2.75, 3.05) is 0 Å². The summed E-state index contributed by atoms with van der Waals surface area (Å²) in [5.41, 5.74) is 3.30. The lowest BCUT2D eigenvalue weighted by molar-refractivity contribution is 0.788.